The second kappa shape index (κ2) is 6.36. The molecule has 0 aliphatic carbocycles. The number of anilines is 1. The van der Waals surface area contributed by atoms with E-state index >= 15 is 0 Å². The average molecular weight is 275 g/mol. The Hall–Kier alpha value is -2.11. The number of hydrogen-bond acceptors (Lipinski definition) is 5. The quantitative estimate of drug-likeness (QED) is 0.874. The molecule has 0 radical (unpaired) electrons. The third kappa shape index (κ3) is 2.89. The summed E-state index contributed by atoms with van der Waals surface area (Å²) in [4.78, 5) is 8.93. The van der Waals surface area contributed by atoms with E-state index in [1.807, 2.05) is 26.8 Å². The summed E-state index contributed by atoms with van der Waals surface area (Å²) in [6.07, 6.45) is 2.51. The van der Waals surface area contributed by atoms with E-state index in [1.165, 1.54) is 0 Å². The Balaban J connectivity index is 2.39. The Morgan fingerprint density at radius 2 is 1.95 bits per heavy atom. The molecule has 20 heavy (non-hydrogen) atoms. The van der Waals surface area contributed by atoms with Gasteiger partial charge in [-0.2, -0.15) is 9.67 Å². The molecule has 108 valence electrons. The molecule has 0 spiro atoms. The molecule has 0 aliphatic heterocycles. The molecule has 6 nitrogen and oxygen atoms in total. The van der Waals surface area contributed by atoms with Crippen LogP contribution in [0.25, 0.3) is 5.82 Å². The highest BCUT2D eigenvalue weighted by molar-refractivity contribution is 5.50. The van der Waals surface area contributed by atoms with E-state index in [-0.39, 0.29) is 0 Å². The highest BCUT2D eigenvalue weighted by atomic mass is 16.5. The minimum absolute atomic E-state index is 0.458. The fraction of sp³-hybridized carbons (Fsp3) is 0.500. The van der Waals surface area contributed by atoms with Crippen LogP contribution < -0.4 is 10.5 Å². The first-order valence-electron chi connectivity index (χ1n) is 7.04. The fourth-order valence-corrected chi connectivity index (χ4v) is 1.83. The Morgan fingerprint density at radius 1 is 1.15 bits per heavy atom. The average Bonchev–Trinajstić information content (AvgIpc) is 2.90. The van der Waals surface area contributed by atoms with Crippen molar-refractivity contribution in [2.75, 3.05) is 12.3 Å². The van der Waals surface area contributed by atoms with Crippen molar-refractivity contribution >= 4 is 5.69 Å². The van der Waals surface area contributed by atoms with E-state index < -0.39 is 0 Å². The molecule has 0 saturated heterocycles. The molecule has 2 rings (SSSR count). The summed E-state index contributed by atoms with van der Waals surface area (Å²) in [5.74, 6) is 2.85. The molecule has 0 amide bonds. The second-order valence-electron chi connectivity index (χ2n) is 4.48. The lowest BCUT2D eigenvalue weighted by molar-refractivity contribution is 0.306. The van der Waals surface area contributed by atoms with Gasteiger partial charge in [0.2, 0.25) is 5.88 Å². The third-order valence-corrected chi connectivity index (χ3v) is 2.89. The van der Waals surface area contributed by atoms with Crippen LogP contribution in [0.5, 0.6) is 5.88 Å². The number of hydrogen-bond donors (Lipinski definition) is 1. The Labute approximate surface area is 119 Å². The van der Waals surface area contributed by atoms with Gasteiger partial charge < -0.3 is 10.5 Å². The van der Waals surface area contributed by atoms with Gasteiger partial charge in [-0.15, -0.1) is 5.10 Å². The maximum atomic E-state index is 5.88. The van der Waals surface area contributed by atoms with Gasteiger partial charge in [-0.1, -0.05) is 20.8 Å². The Morgan fingerprint density at radius 3 is 2.60 bits per heavy atom. The fourth-order valence-electron chi connectivity index (χ4n) is 1.83. The minimum Gasteiger partial charge on any atom is -0.476 e. The number of pyridine rings is 1. The molecule has 0 fully saturated rings. The summed E-state index contributed by atoms with van der Waals surface area (Å²) in [5.41, 5.74) is 6.42. The molecule has 0 aliphatic rings. The molecule has 2 aromatic heterocycles. The monoisotopic (exact) mass is 275 g/mol. The van der Waals surface area contributed by atoms with Crippen LogP contribution in [-0.4, -0.2) is 26.4 Å². The molecule has 2 heterocycles. The zero-order valence-electron chi connectivity index (χ0n) is 12.3. The van der Waals surface area contributed by atoms with Gasteiger partial charge in [0, 0.05) is 12.8 Å². The molecular weight excluding hydrogens is 254 g/mol. The molecule has 2 aromatic rings. The van der Waals surface area contributed by atoms with Gasteiger partial charge in [-0.05, 0) is 18.6 Å². The molecular formula is C14H21N5O. The summed E-state index contributed by atoms with van der Waals surface area (Å²) in [5, 5.41) is 4.47. The van der Waals surface area contributed by atoms with E-state index in [0.717, 1.165) is 30.9 Å². The van der Waals surface area contributed by atoms with Crippen molar-refractivity contribution < 1.29 is 4.74 Å². The van der Waals surface area contributed by atoms with Crippen LogP contribution in [0.15, 0.2) is 12.1 Å². The van der Waals surface area contributed by atoms with E-state index in [4.69, 9.17) is 10.5 Å². The van der Waals surface area contributed by atoms with E-state index in [2.05, 4.69) is 15.1 Å². The molecule has 0 saturated carbocycles. The number of rotatable bonds is 6. The molecule has 0 aromatic carbocycles. The van der Waals surface area contributed by atoms with Gasteiger partial charge in [0.15, 0.2) is 11.6 Å². The van der Waals surface area contributed by atoms with Crippen molar-refractivity contribution in [2.45, 2.75) is 40.0 Å². The second-order valence-corrected chi connectivity index (χ2v) is 4.48. The number of nitrogens with zero attached hydrogens (tertiary/aromatic N) is 4. The largest absolute Gasteiger partial charge is 0.476 e. The molecule has 0 unspecified atom stereocenters. The van der Waals surface area contributed by atoms with Crippen molar-refractivity contribution in [3.63, 3.8) is 0 Å². The van der Waals surface area contributed by atoms with Crippen LogP contribution in [0.3, 0.4) is 0 Å². The first-order chi connectivity index (χ1) is 9.69. The van der Waals surface area contributed by atoms with Crippen molar-refractivity contribution in [3.8, 4) is 11.7 Å². The zero-order valence-corrected chi connectivity index (χ0v) is 12.3. The Bertz CT molecular complexity index is 579. The molecule has 0 bridgehead atoms. The van der Waals surface area contributed by atoms with E-state index in [0.29, 0.717) is 24.0 Å². The van der Waals surface area contributed by atoms with Crippen LogP contribution in [-0.2, 0) is 12.8 Å². The van der Waals surface area contributed by atoms with Crippen molar-refractivity contribution in [1.82, 2.24) is 19.7 Å². The summed E-state index contributed by atoms with van der Waals surface area (Å²) in [6.45, 7) is 6.72. The lowest BCUT2D eigenvalue weighted by Gasteiger charge is -2.09. The summed E-state index contributed by atoms with van der Waals surface area (Å²) in [6, 6.07) is 3.63. The summed E-state index contributed by atoms with van der Waals surface area (Å²) < 4.78 is 7.32. The smallest absolute Gasteiger partial charge is 0.239 e. The number of nitrogens with two attached hydrogens (primary N) is 1. The van der Waals surface area contributed by atoms with Gasteiger partial charge in [0.05, 0.1) is 12.3 Å². The van der Waals surface area contributed by atoms with E-state index in [9.17, 15) is 0 Å². The van der Waals surface area contributed by atoms with Crippen molar-refractivity contribution in [2.24, 2.45) is 0 Å². The third-order valence-electron chi connectivity index (χ3n) is 2.89. The summed E-state index contributed by atoms with van der Waals surface area (Å²) >= 11 is 0. The number of nitrogen functional groups attached to an aromatic ring is 1. The normalized spacial score (nSPS) is 10.8. The lowest BCUT2D eigenvalue weighted by Crippen LogP contribution is -2.08. The van der Waals surface area contributed by atoms with Crippen LogP contribution in [0.1, 0.15) is 38.8 Å². The topological polar surface area (TPSA) is 78.8 Å². The summed E-state index contributed by atoms with van der Waals surface area (Å²) in [7, 11) is 0. The Kier molecular flexibility index (Phi) is 4.55. The molecule has 0 atom stereocenters. The maximum absolute atomic E-state index is 5.88. The van der Waals surface area contributed by atoms with Crippen LogP contribution >= 0.6 is 0 Å². The number of aromatic nitrogens is 4. The SMILES string of the molecule is CCCOc1nc(-n2nc(CC)nc2CC)ccc1N. The van der Waals surface area contributed by atoms with Crippen molar-refractivity contribution in [3.05, 3.63) is 23.8 Å². The zero-order chi connectivity index (χ0) is 14.5. The molecule has 6 heteroatoms. The standard InChI is InChI=1S/C14H21N5O/c1-4-9-20-14-10(15)7-8-13(17-14)19-12(6-3)16-11(5-2)18-19/h7-8H,4-6,9,15H2,1-3H3. The van der Waals surface area contributed by atoms with Gasteiger partial charge in [0.1, 0.15) is 5.82 Å². The van der Waals surface area contributed by atoms with Crippen molar-refractivity contribution in [1.29, 1.82) is 0 Å². The highest BCUT2D eigenvalue weighted by Crippen LogP contribution is 2.21. The van der Waals surface area contributed by atoms with Gasteiger partial charge in [-0.3, -0.25) is 0 Å². The number of aryl methyl sites for hydroxylation is 2. The van der Waals surface area contributed by atoms with Crippen LogP contribution in [0.2, 0.25) is 0 Å². The van der Waals surface area contributed by atoms with E-state index in [1.54, 1.807) is 10.7 Å². The predicted molar refractivity (Wildman–Crippen MR) is 78.1 cm³/mol. The minimum atomic E-state index is 0.458. The number of ether oxygens (including phenoxy) is 1. The van der Waals surface area contributed by atoms with Gasteiger partial charge in [0.25, 0.3) is 0 Å². The highest BCUT2D eigenvalue weighted by Gasteiger charge is 2.12. The lowest BCUT2D eigenvalue weighted by atomic mass is 10.4. The first kappa shape index (κ1) is 14.3. The maximum Gasteiger partial charge on any atom is 0.239 e. The van der Waals surface area contributed by atoms with Gasteiger partial charge >= 0.3 is 0 Å². The predicted octanol–water partition coefficient (Wildman–Crippen LogP) is 2.16. The van der Waals surface area contributed by atoms with Gasteiger partial charge in [-0.25, -0.2) is 4.98 Å². The van der Waals surface area contributed by atoms with Crippen LogP contribution in [0.4, 0.5) is 5.69 Å². The first-order valence-corrected chi connectivity index (χ1v) is 7.04. The van der Waals surface area contributed by atoms with Crippen LogP contribution in [0, 0.1) is 0 Å². The molecule has 2 N–H and O–H groups in total.